The van der Waals surface area contributed by atoms with Gasteiger partial charge in [0.05, 0.1) is 11.8 Å². The summed E-state index contributed by atoms with van der Waals surface area (Å²) in [5.74, 6) is 0.340. The average molecular weight is 225 g/mol. The van der Waals surface area contributed by atoms with Crippen molar-refractivity contribution in [3.05, 3.63) is 17.8 Å². The summed E-state index contributed by atoms with van der Waals surface area (Å²) in [6.45, 7) is 2.52. The summed E-state index contributed by atoms with van der Waals surface area (Å²) in [5.41, 5.74) is 0.436. The van der Waals surface area contributed by atoms with Gasteiger partial charge >= 0.3 is 0 Å². The van der Waals surface area contributed by atoms with Crippen LogP contribution >= 0.6 is 0 Å². The van der Waals surface area contributed by atoms with Crippen LogP contribution in [-0.2, 0) is 6.42 Å². The van der Waals surface area contributed by atoms with Crippen molar-refractivity contribution in [2.24, 2.45) is 5.92 Å². The Morgan fingerprint density at radius 2 is 2.25 bits per heavy atom. The number of halogens is 1. The summed E-state index contributed by atoms with van der Waals surface area (Å²) in [4.78, 5) is 7.74. The number of aryl methyl sites for hydroxylation is 1. The number of aromatic nitrogens is 2. The predicted molar refractivity (Wildman–Crippen MR) is 58.6 cm³/mol. The minimum atomic E-state index is -0.357. The van der Waals surface area contributed by atoms with Crippen molar-refractivity contribution in [2.75, 3.05) is 11.9 Å². The summed E-state index contributed by atoms with van der Waals surface area (Å²) in [5, 5.41) is 12.1. The molecule has 2 N–H and O–H groups in total. The largest absolute Gasteiger partial charge is 0.393 e. The maximum atomic E-state index is 13.7. The summed E-state index contributed by atoms with van der Waals surface area (Å²) < 4.78 is 13.7. The van der Waals surface area contributed by atoms with Gasteiger partial charge in [0.25, 0.3) is 0 Å². The van der Waals surface area contributed by atoms with Crippen LogP contribution < -0.4 is 5.32 Å². The molecule has 1 aliphatic carbocycles. The second-order valence-electron chi connectivity index (χ2n) is 4.21. The number of aliphatic hydroxyl groups excluding tert-OH is 1. The molecule has 1 saturated carbocycles. The first kappa shape index (κ1) is 11.3. The van der Waals surface area contributed by atoms with Crippen molar-refractivity contribution in [3.8, 4) is 0 Å². The van der Waals surface area contributed by atoms with E-state index in [2.05, 4.69) is 15.3 Å². The van der Waals surface area contributed by atoms with Gasteiger partial charge in [0, 0.05) is 6.54 Å². The summed E-state index contributed by atoms with van der Waals surface area (Å²) in [6, 6.07) is 0. The molecule has 0 spiro atoms. The molecule has 0 atom stereocenters. The first-order chi connectivity index (χ1) is 7.70. The summed E-state index contributed by atoms with van der Waals surface area (Å²) in [7, 11) is 0. The maximum absolute atomic E-state index is 13.7. The average Bonchev–Trinajstić information content (AvgIpc) is 2.24. The van der Waals surface area contributed by atoms with Crippen LogP contribution in [0.25, 0.3) is 0 Å². The van der Waals surface area contributed by atoms with Crippen LogP contribution in [-0.4, -0.2) is 27.7 Å². The number of nitrogens with zero attached hydrogens (tertiary/aromatic N) is 2. The monoisotopic (exact) mass is 225 g/mol. The van der Waals surface area contributed by atoms with Gasteiger partial charge in [-0.1, -0.05) is 6.92 Å². The van der Waals surface area contributed by atoms with E-state index < -0.39 is 0 Å². The van der Waals surface area contributed by atoms with E-state index in [4.69, 9.17) is 5.11 Å². The number of aliphatic hydroxyl groups is 1. The van der Waals surface area contributed by atoms with Crippen molar-refractivity contribution in [2.45, 2.75) is 32.3 Å². The fourth-order valence-electron chi connectivity index (χ4n) is 1.88. The lowest BCUT2D eigenvalue weighted by molar-refractivity contribution is 0.0486. The Morgan fingerprint density at radius 1 is 1.50 bits per heavy atom. The lowest BCUT2D eigenvalue weighted by atomic mass is 9.82. The first-order valence-electron chi connectivity index (χ1n) is 5.62. The van der Waals surface area contributed by atoms with Crippen LogP contribution in [0.5, 0.6) is 0 Å². The van der Waals surface area contributed by atoms with E-state index >= 15 is 0 Å². The molecule has 1 aromatic heterocycles. The van der Waals surface area contributed by atoms with Gasteiger partial charge in [-0.25, -0.2) is 14.4 Å². The predicted octanol–water partition coefficient (Wildman–Crippen LogP) is 1.36. The van der Waals surface area contributed by atoms with Gasteiger partial charge in [-0.2, -0.15) is 0 Å². The Kier molecular flexibility index (Phi) is 3.33. The number of anilines is 1. The van der Waals surface area contributed by atoms with Crippen molar-refractivity contribution < 1.29 is 9.50 Å². The molecule has 1 aliphatic rings. The third-order valence-electron chi connectivity index (χ3n) is 2.97. The molecule has 0 amide bonds. The number of nitrogens with one attached hydrogen (secondary N) is 1. The SMILES string of the molecule is CCc1ncnc(NCC2CC(O)C2)c1F. The van der Waals surface area contributed by atoms with E-state index in [1.165, 1.54) is 6.33 Å². The molecule has 0 aromatic carbocycles. The standard InChI is InChI=1S/C11H16FN3O/c1-2-9-10(12)11(15-6-14-9)13-5-7-3-8(16)4-7/h6-8,16H,2-5H2,1H3,(H,13,14,15). The molecule has 0 bridgehead atoms. The van der Waals surface area contributed by atoms with Gasteiger partial charge in [-0.3, -0.25) is 0 Å². The van der Waals surface area contributed by atoms with Crippen molar-refractivity contribution in [1.82, 2.24) is 9.97 Å². The van der Waals surface area contributed by atoms with E-state index in [1.807, 2.05) is 6.92 Å². The van der Waals surface area contributed by atoms with Gasteiger partial charge in [0.2, 0.25) is 0 Å². The van der Waals surface area contributed by atoms with E-state index in [-0.39, 0.29) is 17.7 Å². The van der Waals surface area contributed by atoms with Crippen molar-refractivity contribution in [1.29, 1.82) is 0 Å². The van der Waals surface area contributed by atoms with Gasteiger partial charge in [-0.15, -0.1) is 0 Å². The quantitative estimate of drug-likeness (QED) is 0.812. The lowest BCUT2D eigenvalue weighted by Crippen LogP contribution is -2.33. The second-order valence-corrected chi connectivity index (χ2v) is 4.21. The van der Waals surface area contributed by atoms with Crippen LogP contribution in [0.3, 0.4) is 0 Å². The number of hydrogen-bond acceptors (Lipinski definition) is 4. The molecule has 1 fully saturated rings. The molecule has 1 heterocycles. The molecule has 0 radical (unpaired) electrons. The van der Waals surface area contributed by atoms with Crippen molar-refractivity contribution >= 4 is 5.82 Å². The van der Waals surface area contributed by atoms with Crippen LogP contribution in [0.4, 0.5) is 10.2 Å². The minimum Gasteiger partial charge on any atom is -0.393 e. The third-order valence-corrected chi connectivity index (χ3v) is 2.97. The fourth-order valence-corrected chi connectivity index (χ4v) is 1.88. The second kappa shape index (κ2) is 4.74. The van der Waals surface area contributed by atoms with E-state index in [0.717, 1.165) is 12.8 Å². The molecule has 16 heavy (non-hydrogen) atoms. The maximum Gasteiger partial charge on any atom is 0.186 e. The zero-order valence-corrected chi connectivity index (χ0v) is 9.28. The number of rotatable bonds is 4. The molecule has 88 valence electrons. The fraction of sp³-hybridized carbons (Fsp3) is 0.636. The Balaban J connectivity index is 1.93. The lowest BCUT2D eigenvalue weighted by Gasteiger charge is -2.31. The van der Waals surface area contributed by atoms with Crippen LogP contribution in [0.2, 0.25) is 0 Å². The topological polar surface area (TPSA) is 58.0 Å². The highest BCUT2D eigenvalue weighted by Crippen LogP contribution is 2.27. The van der Waals surface area contributed by atoms with E-state index in [9.17, 15) is 4.39 Å². The van der Waals surface area contributed by atoms with Crippen molar-refractivity contribution in [3.63, 3.8) is 0 Å². The summed E-state index contributed by atoms with van der Waals surface area (Å²) in [6.07, 6.45) is 3.35. The zero-order chi connectivity index (χ0) is 11.5. The first-order valence-corrected chi connectivity index (χ1v) is 5.62. The Labute approximate surface area is 93.9 Å². The van der Waals surface area contributed by atoms with E-state index in [0.29, 0.717) is 24.6 Å². The highest BCUT2D eigenvalue weighted by molar-refractivity contribution is 5.37. The molecular weight excluding hydrogens is 209 g/mol. The molecule has 5 heteroatoms. The zero-order valence-electron chi connectivity index (χ0n) is 9.28. The molecular formula is C11H16FN3O. The normalized spacial score (nSPS) is 23.9. The van der Waals surface area contributed by atoms with Gasteiger partial charge in [0.1, 0.15) is 6.33 Å². The molecule has 4 nitrogen and oxygen atoms in total. The smallest absolute Gasteiger partial charge is 0.186 e. The Bertz CT molecular complexity index is 366. The highest BCUT2D eigenvalue weighted by Gasteiger charge is 2.27. The number of hydrogen-bond donors (Lipinski definition) is 2. The van der Waals surface area contributed by atoms with Gasteiger partial charge in [0.15, 0.2) is 11.6 Å². The Morgan fingerprint density at radius 3 is 2.88 bits per heavy atom. The van der Waals surface area contributed by atoms with Crippen LogP contribution in [0.15, 0.2) is 6.33 Å². The minimum absolute atomic E-state index is 0.173. The molecule has 0 unspecified atom stereocenters. The Hall–Kier alpha value is -1.23. The summed E-state index contributed by atoms with van der Waals surface area (Å²) >= 11 is 0. The van der Waals surface area contributed by atoms with Crippen LogP contribution in [0, 0.1) is 11.7 Å². The molecule has 0 aliphatic heterocycles. The van der Waals surface area contributed by atoms with Crippen LogP contribution in [0.1, 0.15) is 25.5 Å². The molecule has 1 aromatic rings. The molecule has 2 rings (SSSR count). The van der Waals surface area contributed by atoms with Gasteiger partial charge in [-0.05, 0) is 25.2 Å². The van der Waals surface area contributed by atoms with Gasteiger partial charge < -0.3 is 10.4 Å². The van der Waals surface area contributed by atoms with E-state index in [1.54, 1.807) is 0 Å². The highest BCUT2D eigenvalue weighted by atomic mass is 19.1. The molecule has 0 saturated heterocycles. The third kappa shape index (κ3) is 2.29.